The van der Waals surface area contributed by atoms with Crippen LogP contribution in [0.3, 0.4) is 0 Å². The van der Waals surface area contributed by atoms with Crippen LogP contribution in [-0.2, 0) is 7.05 Å². The number of nitrogens with two attached hydrogens (primary N) is 1. The van der Waals surface area contributed by atoms with E-state index in [9.17, 15) is 18.4 Å². The number of aryl methyl sites for hydroxylation is 2. The standard InChI is InChI=1S/C24H23F2N7O2/c1-13-29-20-19(31(13)2)7-6-18(22(20)32-11-9-14(27)12-32)30-23(34)15-8-10-28-33(24(15)35)21-16(25)4-3-5-17(21)26/h3-8,10,14H,9,11-12,27H2,1-2H3,(H,30,34)/t14-/m1/s1. The number of benzene rings is 2. The van der Waals surface area contributed by atoms with Gasteiger partial charge in [0.15, 0.2) is 11.6 Å². The summed E-state index contributed by atoms with van der Waals surface area (Å²) in [6.45, 7) is 3.17. The van der Waals surface area contributed by atoms with Gasteiger partial charge in [0, 0.05) is 32.4 Å². The van der Waals surface area contributed by atoms with Gasteiger partial charge in [-0.05, 0) is 43.7 Å². The lowest BCUT2D eigenvalue weighted by molar-refractivity contribution is 0.102. The first-order chi connectivity index (χ1) is 16.8. The first kappa shape index (κ1) is 22.7. The first-order valence-corrected chi connectivity index (χ1v) is 11.1. The number of carbonyl (C=O) groups is 1. The van der Waals surface area contributed by atoms with Crippen LogP contribution in [0.5, 0.6) is 0 Å². The van der Waals surface area contributed by atoms with Crippen LogP contribution in [0.1, 0.15) is 22.6 Å². The van der Waals surface area contributed by atoms with E-state index in [1.54, 1.807) is 6.07 Å². The number of para-hydroxylation sites is 1. The molecule has 180 valence electrons. The van der Waals surface area contributed by atoms with Gasteiger partial charge in [0.2, 0.25) is 0 Å². The number of anilines is 2. The molecule has 2 aromatic heterocycles. The van der Waals surface area contributed by atoms with Crippen molar-refractivity contribution >= 4 is 28.3 Å². The summed E-state index contributed by atoms with van der Waals surface area (Å²) in [6.07, 6.45) is 1.94. The molecule has 0 bridgehead atoms. The molecule has 4 aromatic rings. The Bertz CT molecular complexity index is 1510. The zero-order valence-corrected chi connectivity index (χ0v) is 19.1. The van der Waals surface area contributed by atoms with Crippen LogP contribution in [0, 0.1) is 18.6 Å². The molecule has 3 N–H and O–H groups in total. The largest absolute Gasteiger partial charge is 0.366 e. The Labute approximate surface area is 198 Å². The second kappa shape index (κ2) is 8.58. The Morgan fingerprint density at radius 3 is 2.57 bits per heavy atom. The van der Waals surface area contributed by atoms with Gasteiger partial charge in [-0.2, -0.15) is 9.78 Å². The van der Waals surface area contributed by atoms with Gasteiger partial charge in [-0.3, -0.25) is 9.59 Å². The van der Waals surface area contributed by atoms with Crippen molar-refractivity contribution in [2.45, 2.75) is 19.4 Å². The van der Waals surface area contributed by atoms with Gasteiger partial charge in [0.05, 0.1) is 16.9 Å². The molecular formula is C24H23F2N7O2. The highest BCUT2D eigenvalue weighted by Crippen LogP contribution is 2.36. The summed E-state index contributed by atoms with van der Waals surface area (Å²) in [5.74, 6) is -1.88. The third-order valence-electron chi connectivity index (χ3n) is 6.28. The van der Waals surface area contributed by atoms with Crippen LogP contribution in [0.15, 0.2) is 47.4 Å². The van der Waals surface area contributed by atoms with Gasteiger partial charge < -0.3 is 20.5 Å². The summed E-state index contributed by atoms with van der Waals surface area (Å²) in [4.78, 5) is 33.0. The molecule has 1 saturated heterocycles. The van der Waals surface area contributed by atoms with E-state index in [-0.39, 0.29) is 11.6 Å². The van der Waals surface area contributed by atoms with E-state index >= 15 is 0 Å². The van der Waals surface area contributed by atoms with Crippen molar-refractivity contribution in [3.8, 4) is 5.69 Å². The second-order valence-corrected chi connectivity index (χ2v) is 8.53. The number of rotatable bonds is 4. The van der Waals surface area contributed by atoms with Crippen LogP contribution < -0.4 is 21.5 Å². The van der Waals surface area contributed by atoms with Crippen molar-refractivity contribution < 1.29 is 13.6 Å². The van der Waals surface area contributed by atoms with Crippen molar-refractivity contribution in [3.05, 3.63) is 76.0 Å². The molecule has 0 saturated carbocycles. The van der Waals surface area contributed by atoms with E-state index in [4.69, 9.17) is 5.73 Å². The average molecular weight is 479 g/mol. The fraction of sp³-hybridized carbons (Fsp3) is 0.250. The Morgan fingerprint density at radius 1 is 1.14 bits per heavy atom. The van der Waals surface area contributed by atoms with Gasteiger partial charge in [0.1, 0.15) is 22.6 Å². The molecule has 0 unspecified atom stereocenters. The summed E-state index contributed by atoms with van der Waals surface area (Å²) in [5, 5.41) is 6.56. The van der Waals surface area contributed by atoms with Crippen LogP contribution in [-0.4, -0.2) is 44.4 Å². The molecular weight excluding hydrogens is 456 g/mol. The number of hydrogen-bond acceptors (Lipinski definition) is 6. The number of nitrogens with one attached hydrogen (secondary N) is 1. The van der Waals surface area contributed by atoms with Crippen molar-refractivity contribution in [2.75, 3.05) is 23.3 Å². The van der Waals surface area contributed by atoms with Gasteiger partial charge >= 0.3 is 0 Å². The molecule has 1 amide bonds. The predicted molar refractivity (Wildman–Crippen MR) is 128 cm³/mol. The third-order valence-corrected chi connectivity index (χ3v) is 6.28. The fourth-order valence-corrected chi connectivity index (χ4v) is 4.40. The Balaban J connectivity index is 1.58. The van der Waals surface area contributed by atoms with Gasteiger partial charge in [-0.25, -0.2) is 13.8 Å². The van der Waals surface area contributed by atoms with Gasteiger partial charge in [0.25, 0.3) is 11.5 Å². The molecule has 11 heteroatoms. The minimum absolute atomic E-state index is 0.0123. The van der Waals surface area contributed by atoms with E-state index in [0.717, 1.165) is 36.1 Å². The van der Waals surface area contributed by atoms with Gasteiger partial charge in [-0.1, -0.05) is 6.07 Å². The minimum Gasteiger partial charge on any atom is -0.366 e. The summed E-state index contributed by atoms with van der Waals surface area (Å²) in [7, 11) is 1.91. The first-order valence-electron chi connectivity index (χ1n) is 11.1. The summed E-state index contributed by atoms with van der Waals surface area (Å²) in [6, 6.07) is 7.98. The van der Waals surface area contributed by atoms with E-state index in [2.05, 4.69) is 20.3 Å². The monoisotopic (exact) mass is 479 g/mol. The molecule has 1 atom stereocenters. The topological polar surface area (TPSA) is 111 Å². The number of imidazole rings is 1. The van der Waals surface area contributed by atoms with Crippen molar-refractivity contribution in [1.82, 2.24) is 19.3 Å². The van der Waals surface area contributed by atoms with E-state index < -0.39 is 28.8 Å². The van der Waals surface area contributed by atoms with Crippen LogP contribution in [0.2, 0.25) is 0 Å². The molecule has 35 heavy (non-hydrogen) atoms. The number of carbonyl (C=O) groups excluding carboxylic acids is 1. The van der Waals surface area contributed by atoms with Crippen LogP contribution in [0.4, 0.5) is 20.2 Å². The average Bonchev–Trinajstić information content (AvgIpc) is 3.37. The minimum atomic E-state index is -0.971. The number of fused-ring (bicyclic) bond motifs is 1. The molecule has 0 aliphatic carbocycles. The number of aromatic nitrogens is 4. The zero-order chi connectivity index (χ0) is 24.9. The summed E-state index contributed by atoms with van der Waals surface area (Å²) in [5.41, 5.74) is 6.97. The van der Waals surface area contributed by atoms with E-state index in [1.165, 1.54) is 12.1 Å². The maximum absolute atomic E-state index is 14.3. The molecule has 2 aromatic carbocycles. The zero-order valence-electron chi connectivity index (χ0n) is 19.1. The maximum Gasteiger partial charge on any atom is 0.284 e. The Morgan fingerprint density at radius 2 is 1.89 bits per heavy atom. The Hall–Kier alpha value is -4.12. The lowest BCUT2D eigenvalue weighted by Crippen LogP contribution is -2.31. The van der Waals surface area contributed by atoms with Crippen LogP contribution >= 0.6 is 0 Å². The van der Waals surface area contributed by atoms with Crippen molar-refractivity contribution in [1.29, 1.82) is 0 Å². The highest BCUT2D eigenvalue weighted by molar-refractivity contribution is 6.09. The van der Waals surface area contributed by atoms with E-state index in [0.29, 0.717) is 34.7 Å². The number of amides is 1. The SMILES string of the molecule is Cc1nc2c(N3CC[C@@H](N)C3)c(NC(=O)c3ccnn(-c4c(F)cccc4F)c3=O)ccc2n1C. The maximum atomic E-state index is 14.3. The smallest absolute Gasteiger partial charge is 0.284 e. The quantitative estimate of drug-likeness (QED) is 0.465. The number of hydrogen-bond donors (Lipinski definition) is 2. The van der Waals surface area contributed by atoms with Gasteiger partial charge in [-0.15, -0.1) is 0 Å². The van der Waals surface area contributed by atoms with Crippen molar-refractivity contribution in [3.63, 3.8) is 0 Å². The lowest BCUT2D eigenvalue weighted by atomic mass is 10.2. The Kier molecular flexibility index (Phi) is 5.56. The third kappa shape index (κ3) is 3.83. The fourth-order valence-electron chi connectivity index (χ4n) is 4.40. The summed E-state index contributed by atoms with van der Waals surface area (Å²) >= 11 is 0. The number of halogens is 2. The molecule has 9 nitrogen and oxygen atoms in total. The number of nitrogens with zero attached hydrogens (tertiary/aromatic N) is 5. The molecule has 0 radical (unpaired) electrons. The molecule has 1 aliphatic heterocycles. The van der Waals surface area contributed by atoms with E-state index in [1.807, 2.05) is 24.6 Å². The highest BCUT2D eigenvalue weighted by atomic mass is 19.1. The predicted octanol–water partition coefficient (Wildman–Crippen LogP) is 2.50. The van der Waals surface area contributed by atoms with Crippen molar-refractivity contribution in [2.24, 2.45) is 12.8 Å². The molecule has 1 fully saturated rings. The molecule has 0 spiro atoms. The van der Waals surface area contributed by atoms with Crippen LogP contribution in [0.25, 0.3) is 16.7 Å². The normalized spacial score (nSPS) is 15.7. The highest BCUT2D eigenvalue weighted by Gasteiger charge is 2.27. The lowest BCUT2D eigenvalue weighted by Gasteiger charge is -2.22. The molecule has 1 aliphatic rings. The second-order valence-electron chi connectivity index (χ2n) is 8.53. The summed E-state index contributed by atoms with van der Waals surface area (Å²) < 4.78 is 31.0. The molecule has 3 heterocycles. The molecule has 5 rings (SSSR count).